The van der Waals surface area contributed by atoms with E-state index in [1.54, 1.807) is 4.90 Å². The largest absolute Gasteiger partial charge is 0.416 e. The van der Waals surface area contributed by atoms with E-state index in [1.807, 2.05) is 18.2 Å². The van der Waals surface area contributed by atoms with Gasteiger partial charge in [-0.1, -0.05) is 23.2 Å². The molecule has 298 valence electrons. The van der Waals surface area contributed by atoms with Crippen molar-refractivity contribution in [2.24, 2.45) is 5.92 Å². The Morgan fingerprint density at radius 3 is 2.27 bits per heavy atom. The second-order valence-electron chi connectivity index (χ2n) is 14.3. The third-order valence-electron chi connectivity index (χ3n) is 10.7. The number of carbonyl (C=O) groups is 4. The van der Waals surface area contributed by atoms with Crippen molar-refractivity contribution in [3.05, 3.63) is 86.9 Å². The number of benzene rings is 3. The van der Waals surface area contributed by atoms with Crippen LogP contribution in [0.25, 0.3) is 0 Å². The number of rotatable bonds is 9. The van der Waals surface area contributed by atoms with Crippen molar-refractivity contribution in [3.8, 4) is 0 Å². The normalized spacial score (nSPS) is 20.2. The molecule has 0 aliphatic carbocycles. The lowest BCUT2D eigenvalue weighted by Crippen LogP contribution is -2.52. The number of imide groups is 1. The second kappa shape index (κ2) is 15.8. The monoisotopic (exact) mass is 835 g/mol. The van der Waals surface area contributed by atoms with Gasteiger partial charge in [0.25, 0.3) is 11.8 Å². The summed E-state index contributed by atoms with van der Waals surface area (Å²) in [5.41, 5.74) is 1.14. The molecule has 56 heavy (non-hydrogen) atoms. The van der Waals surface area contributed by atoms with Gasteiger partial charge in [-0.25, -0.2) is 0 Å². The molecule has 4 aliphatic heterocycles. The van der Waals surface area contributed by atoms with E-state index in [9.17, 15) is 40.8 Å². The van der Waals surface area contributed by atoms with Crippen LogP contribution in [0.15, 0.2) is 54.6 Å². The summed E-state index contributed by atoms with van der Waals surface area (Å²) in [6.07, 6.45) is -2.86. The van der Waals surface area contributed by atoms with Crippen molar-refractivity contribution in [2.45, 2.75) is 44.4 Å². The number of halogens is 5. The number of piperidine rings is 2. The number of hydrogen-bond donors (Lipinski definition) is 3. The predicted octanol–water partition coefficient (Wildman–Crippen LogP) is 5.22. The molecule has 0 aromatic heterocycles. The SMILES string of the molecule is O=C1CCC(N2Cc3cc(N4CCN(CC5CCN(S(=O)(=O)Nc6ccc(Cl)cc6C(=O)Nc6ccc(C(F)(F)F)cc6Cl)CC5)CC4)ccc3C2=O)C(=O)N1. The Labute approximate surface area is 331 Å². The minimum atomic E-state index is -4.63. The minimum absolute atomic E-state index is 0.0588. The molecule has 3 aromatic rings. The van der Waals surface area contributed by atoms with E-state index in [2.05, 4.69) is 25.2 Å². The molecule has 13 nitrogen and oxygen atoms in total. The Balaban J connectivity index is 0.899. The number of piperazine rings is 1. The zero-order valence-corrected chi connectivity index (χ0v) is 32.2. The molecule has 1 atom stereocenters. The Morgan fingerprint density at radius 2 is 1.59 bits per heavy atom. The molecule has 1 unspecified atom stereocenters. The number of carbonyl (C=O) groups excluding carboxylic acids is 4. The summed E-state index contributed by atoms with van der Waals surface area (Å²) < 4.78 is 70.0. The second-order valence-corrected chi connectivity index (χ2v) is 16.8. The standard InChI is InChI=1S/C37H38Cl2F3N7O6S/c38-25-2-6-30(28(19-25)34(51)43-31-5-1-24(18-29(31)39)37(40,41)42)45-56(54,55)48-11-9-22(10-12-48)20-46-13-15-47(16-14-46)26-3-4-27-23(17-26)21-49(36(27)53)32-7-8-33(50)44-35(32)52/h1-6,17-19,22,32,45H,7-16,20-21H2,(H,43,51)(H,44,50,52). The number of alkyl halides is 3. The zero-order chi connectivity index (χ0) is 39.9. The third kappa shape index (κ3) is 8.61. The number of amides is 4. The number of anilines is 3. The summed E-state index contributed by atoms with van der Waals surface area (Å²) in [7, 11) is -4.09. The number of nitrogens with zero attached hydrogens (tertiary/aromatic N) is 4. The summed E-state index contributed by atoms with van der Waals surface area (Å²) in [6, 6.07) is 11.6. The van der Waals surface area contributed by atoms with Gasteiger partial charge < -0.3 is 15.1 Å². The van der Waals surface area contributed by atoms with Crippen molar-refractivity contribution in [3.63, 3.8) is 0 Å². The molecular weight excluding hydrogens is 798 g/mol. The van der Waals surface area contributed by atoms with E-state index >= 15 is 0 Å². The van der Waals surface area contributed by atoms with Gasteiger partial charge in [0, 0.05) is 75.1 Å². The van der Waals surface area contributed by atoms with E-state index < -0.39 is 39.8 Å². The molecule has 3 aromatic carbocycles. The first-order valence-electron chi connectivity index (χ1n) is 18.1. The van der Waals surface area contributed by atoms with Crippen molar-refractivity contribution in [1.29, 1.82) is 0 Å². The highest BCUT2D eigenvalue weighted by Gasteiger charge is 2.39. The Bertz CT molecular complexity index is 2180. The molecule has 3 saturated heterocycles. The van der Waals surface area contributed by atoms with E-state index in [0.717, 1.165) is 56.1 Å². The van der Waals surface area contributed by atoms with Gasteiger partial charge in [0.05, 0.1) is 27.5 Å². The van der Waals surface area contributed by atoms with Crippen LogP contribution in [0.3, 0.4) is 0 Å². The lowest BCUT2D eigenvalue weighted by Gasteiger charge is -2.39. The Kier molecular flexibility index (Phi) is 11.3. The van der Waals surface area contributed by atoms with Crippen LogP contribution >= 0.6 is 23.2 Å². The molecule has 4 heterocycles. The molecular formula is C37H38Cl2F3N7O6S. The van der Waals surface area contributed by atoms with Gasteiger partial charge in [-0.05, 0) is 85.3 Å². The molecule has 3 fully saturated rings. The maximum absolute atomic E-state index is 13.5. The van der Waals surface area contributed by atoms with Crippen LogP contribution in [-0.4, -0.2) is 98.0 Å². The highest BCUT2D eigenvalue weighted by molar-refractivity contribution is 7.90. The summed E-state index contributed by atoms with van der Waals surface area (Å²) in [5.74, 6) is -1.53. The molecule has 0 saturated carbocycles. The van der Waals surface area contributed by atoms with Gasteiger partial charge in [-0.15, -0.1) is 0 Å². The first kappa shape index (κ1) is 39.8. The third-order valence-corrected chi connectivity index (χ3v) is 12.8. The van der Waals surface area contributed by atoms with Crippen molar-refractivity contribution < 1.29 is 40.8 Å². The Morgan fingerprint density at radius 1 is 0.875 bits per heavy atom. The van der Waals surface area contributed by atoms with Crippen LogP contribution in [0.2, 0.25) is 10.0 Å². The van der Waals surface area contributed by atoms with Gasteiger partial charge in [0.15, 0.2) is 0 Å². The first-order chi connectivity index (χ1) is 26.6. The maximum Gasteiger partial charge on any atom is 0.416 e. The average Bonchev–Trinajstić information content (AvgIpc) is 3.48. The maximum atomic E-state index is 13.5. The lowest BCUT2D eigenvalue weighted by molar-refractivity contribution is -0.138. The van der Waals surface area contributed by atoms with E-state index in [1.165, 1.54) is 22.5 Å². The van der Waals surface area contributed by atoms with Crippen molar-refractivity contribution in [1.82, 2.24) is 19.4 Å². The highest BCUT2D eigenvalue weighted by atomic mass is 35.5. The molecule has 0 bridgehead atoms. The van der Waals surface area contributed by atoms with Gasteiger partial charge in [-0.2, -0.15) is 25.9 Å². The average molecular weight is 837 g/mol. The van der Waals surface area contributed by atoms with Gasteiger partial charge in [-0.3, -0.25) is 34.1 Å². The van der Waals surface area contributed by atoms with Crippen LogP contribution in [0, 0.1) is 5.92 Å². The first-order valence-corrected chi connectivity index (χ1v) is 20.3. The topological polar surface area (TPSA) is 151 Å². The van der Waals surface area contributed by atoms with Crippen molar-refractivity contribution in [2.75, 3.05) is 60.8 Å². The molecule has 19 heteroatoms. The fourth-order valence-electron chi connectivity index (χ4n) is 7.62. The molecule has 3 N–H and O–H groups in total. The van der Waals surface area contributed by atoms with Gasteiger partial charge in [0.2, 0.25) is 11.8 Å². The lowest BCUT2D eigenvalue weighted by atomic mass is 9.97. The van der Waals surface area contributed by atoms with E-state index in [-0.39, 0.29) is 64.2 Å². The van der Waals surface area contributed by atoms with Crippen LogP contribution < -0.4 is 20.3 Å². The molecule has 0 radical (unpaired) electrons. The summed E-state index contributed by atoms with van der Waals surface area (Å²) >= 11 is 12.1. The fraction of sp³-hybridized carbons (Fsp3) is 0.405. The predicted molar refractivity (Wildman–Crippen MR) is 204 cm³/mol. The Hall–Kier alpha value is -4.42. The quantitative estimate of drug-likeness (QED) is 0.249. The number of fused-ring (bicyclic) bond motifs is 1. The van der Waals surface area contributed by atoms with Crippen molar-refractivity contribution >= 4 is 74.1 Å². The van der Waals surface area contributed by atoms with E-state index in [4.69, 9.17) is 23.2 Å². The summed E-state index contributed by atoms with van der Waals surface area (Å²) in [5, 5.41) is 4.56. The summed E-state index contributed by atoms with van der Waals surface area (Å²) in [6.45, 7) is 4.79. The highest BCUT2D eigenvalue weighted by Crippen LogP contribution is 2.35. The van der Waals surface area contributed by atoms with Crippen LogP contribution in [0.1, 0.15) is 57.5 Å². The molecule has 7 rings (SSSR count). The van der Waals surface area contributed by atoms with Crippen LogP contribution in [-0.2, 0) is 32.5 Å². The number of hydrogen-bond acceptors (Lipinski definition) is 8. The van der Waals surface area contributed by atoms with Crippen LogP contribution in [0.5, 0.6) is 0 Å². The van der Waals surface area contributed by atoms with Gasteiger partial charge >= 0.3 is 16.4 Å². The molecule has 4 aliphatic rings. The molecule has 4 amide bonds. The summed E-state index contributed by atoms with van der Waals surface area (Å²) in [4.78, 5) is 56.5. The fourth-order valence-corrected chi connectivity index (χ4v) is 9.30. The smallest absolute Gasteiger partial charge is 0.369 e. The number of nitrogens with one attached hydrogen (secondary N) is 3. The van der Waals surface area contributed by atoms with Crippen LogP contribution in [0.4, 0.5) is 30.2 Å². The van der Waals surface area contributed by atoms with Gasteiger partial charge in [0.1, 0.15) is 6.04 Å². The van der Waals surface area contributed by atoms with E-state index in [0.29, 0.717) is 37.4 Å². The zero-order valence-electron chi connectivity index (χ0n) is 29.9. The molecule has 0 spiro atoms. The minimum Gasteiger partial charge on any atom is -0.369 e.